The maximum atomic E-state index is 12.6. The lowest BCUT2D eigenvalue weighted by molar-refractivity contribution is -0.688. The Morgan fingerprint density at radius 3 is 2.34 bits per heavy atom. The zero-order valence-corrected chi connectivity index (χ0v) is 16.3. The number of hydrogen-bond donors (Lipinski definition) is 1. The Kier molecular flexibility index (Phi) is 5.52. The van der Waals surface area contributed by atoms with Gasteiger partial charge in [-0.15, -0.1) is 0 Å². The van der Waals surface area contributed by atoms with Crippen molar-refractivity contribution >= 4 is 16.7 Å². The third kappa shape index (κ3) is 4.61. The number of fused-ring (bicyclic) bond motifs is 1. The van der Waals surface area contributed by atoms with Crippen LogP contribution in [0.4, 0.5) is 0 Å². The third-order valence-corrected chi connectivity index (χ3v) is 4.93. The number of pyridine rings is 1. The number of nitrogens with one attached hydrogen (secondary N) is 1. The Balaban J connectivity index is 1.38. The average Bonchev–Trinajstić information content (AvgIpc) is 2.78. The van der Waals surface area contributed by atoms with Crippen molar-refractivity contribution in [1.82, 2.24) is 5.32 Å². The van der Waals surface area contributed by atoms with Gasteiger partial charge in [0.1, 0.15) is 5.75 Å². The summed E-state index contributed by atoms with van der Waals surface area (Å²) in [7, 11) is 1.65. The maximum Gasteiger partial charge on any atom is 0.251 e. The second-order valence-corrected chi connectivity index (χ2v) is 6.97. The van der Waals surface area contributed by atoms with Crippen LogP contribution < -0.4 is 14.6 Å². The predicted octanol–water partition coefficient (Wildman–Crippen LogP) is 4.11. The molecule has 29 heavy (non-hydrogen) atoms. The number of amides is 1. The minimum absolute atomic E-state index is 0.0799. The van der Waals surface area contributed by atoms with Gasteiger partial charge in [0.15, 0.2) is 18.9 Å². The minimum Gasteiger partial charge on any atom is -0.497 e. The van der Waals surface area contributed by atoms with E-state index in [1.54, 1.807) is 7.11 Å². The SMILES string of the molecule is COc1ccc2cc(C(=O)NCc3cc[n+](Cc4ccccc4)cc3)ccc2c1. The zero-order chi connectivity index (χ0) is 20.1. The van der Waals surface area contributed by atoms with E-state index in [1.165, 1.54) is 5.56 Å². The number of ether oxygens (including phenoxy) is 1. The van der Waals surface area contributed by atoms with Crippen molar-refractivity contribution in [3.63, 3.8) is 0 Å². The van der Waals surface area contributed by atoms with Crippen molar-refractivity contribution in [3.8, 4) is 5.75 Å². The van der Waals surface area contributed by atoms with Gasteiger partial charge in [0.2, 0.25) is 0 Å². The van der Waals surface area contributed by atoms with E-state index >= 15 is 0 Å². The molecule has 4 heteroatoms. The van der Waals surface area contributed by atoms with Gasteiger partial charge in [-0.2, -0.15) is 0 Å². The molecule has 144 valence electrons. The Morgan fingerprint density at radius 1 is 0.862 bits per heavy atom. The number of rotatable bonds is 6. The van der Waals surface area contributed by atoms with Crippen molar-refractivity contribution in [2.75, 3.05) is 7.11 Å². The molecule has 0 saturated carbocycles. The molecule has 4 nitrogen and oxygen atoms in total. The van der Waals surface area contributed by atoms with Gasteiger partial charge in [0.25, 0.3) is 5.91 Å². The molecule has 0 atom stereocenters. The van der Waals surface area contributed by atoms with Crippen molar-refractivity contribution < 1.29 is 14.1 Å². The molecule has 0 fully saturated rings. The van der Waals surface area contributed by atoms with Gasteiger partial charge in [-0.1, -0.05) is 42.5 Å². The highest BCUT2D eigenvalue weighted by atomic mass is 16.5. The standard InChI is InChI=1S/C25H22N2O2/c1-29-24-10-9-21-15-23(8-7-22(21)16-24)25(28)26-17-19-11-13-27(14-12-19)18-20-5-3-2-4-6-20/h2-16H,17-18H2,1H3/p+1. The summed E-state index contributed by atoms with van der Waals surface area (Å²) in [5.74, 6) is 0.729. The highest BCUT2D eigenvalue weighted by molar-refractivity contribution is 5.98. The lowest BCUT2D eigenvalue weighted by Crippen LogP contribution is -2.33. The van der Waals surface area contributed by atoms with Gasteiger partial charge in [-0.05, 0) is 40.6 Å². The summed E-state index contributed by atoms with van der Waals surface area (Å²) < 4.78 is 7.37. The van der Waals surface area contributed by atoms with Crippen LogP contribution in [0.1, 0.15) is 21.5 Å². The van der Waals surface area contributed by atoms with Gasteiger partial charge in [0, 0.05) is 29.8 Å². The van der Waals surface area contributed by atoms with Crippen molar-refractivity contribution in [3.05, 3.63) is 108 Å². The minimum atomic E-state index is -0.0799. The molecule has 0 aliphatic rings. The topological polar surface area (TPSA) is 42.2 Å². The Labute approximate surface area is 170 Å². The molecular weight excluding hydrogens is 360 g/mol. The van der Waals surface area contributed by atoms with Crippen LogP contribution in [0, 0.1) is 0 Å². The molecule has 1 amide bonds. The number of hydrogen-bond acceptors (Lipinski definition) is 2. The summed E-state index contributed by atoms with van der Waals surface area (Å²) >= 11 is 0. The van der Waals surface area contributed by atoms with Gasteiger partial charge in [0.05, 0.1) is 7.11 Å². The molecule has 0 bridgehead atoms. The summed E-state index contributed by atoms with van der Waals surface area (Å²) in [5, 5.41) is 5.06. The third-order valence-electron chi connectivity index (χ3n) is 4.93. The fraction of sp³-hybridized carbons (Fsp3) is 0.120. The summed E-state index contributed by atoms with van der Waals surface area (Å²) in [6.45, 7) is 1.32. The second-order valence-electron chi connectivity index (χ2n) is 6.97. The van der Waals surface area contributed by atoms with Crippen LogP contribution in [0.5, 0.6) is 5.75 Å². The van der Waals surface area contributed by atoms with Crippen LogP contribution >= 0.6 is 0 Å². The van der Waals surface area contributed by atoms with Crippen molar-refractivity contribution in [1.29, 1.82) is 0 Å². The molecule has 4 rings (SSSR count). The first-order valence-electron chi connectivity index (χ1n) is 9.59. The van der Waals surface area contributed by atoms with Gasteiger partial charge in [-0.25, -0.2) is 4.57 Å². The first kappa shape index (κ1) is 18.7. The largest absolute Gasteiger partial charge is 0.497 e. The number of carbonyl (C=O) groups is 1. The highest BCUT2D eigenvalue weighted by Gasteiger charge is 2.08. The normalized spacial score (nSPS) is 10.7. The molecule has 1 heterocycles. The molecule has 1 aromatic heterocycles. The molecule has 0 unspecified atom stereocenters. The summed E-state index contributed by atoms with van der Waals surface area (Å²) in [5.41, 5.74) is 2.97. The quantitative estimate of drug-likeness (QED) is 0.509. The molecule has 0 saturated heterocycles. The molecule has 0 aliphatic heterocycles. The van der Waals surface area contributed by atoms with E-state index in [0.29, 0.717) is 12.1 Å². The number of benzene rings is 3. The number of nitrogens with zero attached hydrogens (tertiary/aromatic N) is 1. The Hall–Kier alpha value is -3.66. The van der Waals surface area contributed by atoms with Gasteiger partial charge in [-0.3, -0.25) is 4.79 Å². The molecule has 4 aromatic rings. The molecule has 3 aromatic carbocycles. The van der Waals surface area contributed by atoms with Crippen molar-refractivity contribution in [2.45, 2.75) is 13.1 Å². The molecule has 0 spiro atoms. The van der Waals surface area contributed by atoms with E-state index in [1.807, 2.05) is 79.1 Å². The number of carbonyl (C=O) groups excluding carboxylic acids is 1. The smallest absolute Gasteiger partial charge is 0.251 e. The summed E-state index contributed by atoms with van der Waals surface area (Å²) in [6, 6.07) is 25.9. The Bertz CT molecular complexity index is 1120. The van der Waals surface area contributed by atoms with Crippen molar-refractivity contribution in [2.24, 2.45) is 0 Å². The van der Waals surface area contributed by atoms with Crippen LogP contribution in [-0.4, -0.2) is 13.0 Å². The van der Waals surface area contributed by atoms with Crippen LogP contribution in [0.25, 0.3) is 10.8 Å². The maximum absolute atomic E-state index is 12.6. The lowest BCUT2D eigenvalue weighted by Gasteiger charge is -2.07. The Morgan fingerprint density at radius 2 is 1.59 bits per heavy atom. The first-order valence-corrected chi connectivity index (χ1v) is 9.59. The highest BCUT2D eigenvalue weighted by Crippen LogP contribution is 2.21. The van der Waals surface area contributed by atoms with Crippen LogP contribution in [0.2, 0.25) is 0 Å². The fourth-order valence-electron chi connectivity index (χ4n) is 3.28. The predicted molar refractivity (Wildman–Crippen MR) is 114 cm³/mol. The molecule has 0 radical (unpaired) electrons. The van der Waals surface area contributed by atoms with E-state index in [0.717, 1.165) is 28.6 Å². The molecule has 0 aliphatic carbocycles. The monoisotopic (exact) mass is 383 g/mol. The fourth-order valence-corrected chi connectivity index (χ4v) is 3.28. The van der Waals surface area contributed by atoms with E-state index in [4.69, 9.17) is 4.74 Å². The summed E-state index contributed by atoms with van der Waals surface area (Å²) in [6.07, 6.45) is 4.08. The van der Waals surface area contributed by atoms with Crippen LogP contribution in [-0.2, 0) is 13.1 Å². The van der Waals surface area contributed by atoms with Gasteiger partial charge < -0.3 is 10.1 Å². The molecule has 1 N–H and O–H groups in total. The number of aromatic nitrogens is 1. The van der Waals surface area contributed by atoms with E-state index < -0.39 is 0 Å². The van der Waals surface area contributed by atoms with E-state index in [9.17, 15) is 4.79 Å². The lowest BCUT2D eigenvalue weighted by atomic mass is 10.1. The van der Waals surface area contributed by atoms with Crippen LogP contribution in [0.15, 0.2) is 91.3 Å². The van der Waals surface area contributed by atoms with E-state index in [-0.39, 0.29) is 5.91 Å². The number of methoxy groups -OCH3 is 1. The van der Waals surface area contributed by atoms with Gasteiger partial charge >= 0.3 is 0 Å². The van der Waals surface area contributed by atoms with E-state index in [2.05, 4.69) is 22.0 Å². The van der Waals surface area contributed by atoms with Crippen LogP contribution in [0.3, 0.4) is 0 Å². The average molecular weight is 383 g/mol. The molecular formula is C25H23N2O2+. The zero-order valence-electron chi connectivity index (χ0n) is 16.3. The first-order chi connectivity index (χ1) is 14.2. The second kappa shape index (κ2) is 8.57. The summed E-state index contributed by atoms with van der Waals surface area (Å²) in [4.78, 5) is 12.6.